The molecule has 108 valence electrons. The summed E-state index contributed by atoms with van der Waals surface area (Å²) in [5.41, 5.74) is 1.36. The minimum Gasteiger partial charge on any atom is -0.313 e. The van der Waals surface area contributed by atoms with E-state index in [-0.39, 0.29) is 0 Å². The van der Waals surface area contributed by atoms with Crippen molar-refractivity contribution in [1.82, 2.24) is 10.2 Å². The van der Waals surface area contributed by atoms with Gasteiger partial charge in [0.2, 0.25) is 0 Å². The van der Waals surface area contributed by atoms with Gasteiger partial charge >= 0.3 is 0 Å². The highest BCUT2D eigenvalue weighted by Crippen LogP contribution is 2.20. The van der Waals surface area contributed by atoms with Crippen LogP contribution in [-0.2, 0) is 0 Å². The van der Waals surface area contributed by atoms with Crippen LogP contribution in [0.15, 0.2) is 28.7 Å². The summed E-state index contributed by atoms with van der Waals surface area (Å²) < 4.78 is 1.15. The molecule has 0 aromatic heterocycles. The lowest BCUT2D eigenvalue weighted by Gasteiger charge is -2.24. The molecular formula is C16H27BrN2. The van der Waals surface area contributed by atoms with Crippen molar-refractivity contribution in [2.45, 2.75) is 32.7 Å². The molecule has 1 aromatic rings. The first-order valence-electron chi connectivity index (χ1n) is 7.18. The maximum Gasteiger partial charge on any atom is 0.0330 e. The summed E-state index contributed by atoms with van der Waals surface area (Å²) in [7, 11) is 4.26. The van der Waals surface area contributed by atoms with E-state index in [0.717, 1.165) is 23.4 Å². The molecular weight excluding hydrogens is 300 g/mol. The van der Waals surface area contributed by atoms with Gasteiger partial charge in [0.25, 0.3) is 0 Å². The summed E-state index contributed by atoms with van der Waals surface area (Å²) in [6.07, 6.45) is 2.39. The molecule has 1 N–H and O–H groups in total. The van der Waals surface area contributed by atoms with E-state index in [1.54, 1.807) is 0 Å². The van der Waals surface area contributed by atoms with Crippen molar-refractivity contribution in [1.29, 1.82) is 0 Å². The van der Waals surface area contributed by atoms with Gasteiger partial charge in [-0.15, -0.1) is 0 Å². The largest absolute Gasteiger partial charge is 0.313 e. The van der Waals surface area contributed by atoms with E-state index in [2.05, 4.69) is 71.3 Å². The molecule has 19 heavy (non-hydrogen) atoms. The van der Waals surface area contributed by atoms with Crippen LogP contribution in [0.1, 0.15) is 38.3 Å². The number of nitrogens with one attached hydrogen (secondary N) is 1. The molecule has 0 aliphatic rings. The Labute approximate surface area is 126 Å². The molecule has 1 rings (SSSR count). The lowest BCUT2D eigenvalue weighted by molar-refractivity contribution is 0.268. The van der Waals surface area contributed by atoms with Crippen molar-refractivity contribution in [3.8, 4) is 0 Å². The molecule has 2 nitrogen and oxygen atoms in total. The van der Waals surface area contributed by atoms with Crippen LogP contribution in [-0.4, -0.2) is 32.1 Å². The van der Waals surface area contributed by atoms with Crippen LogP contribution in [0.4, 0.5) is 0 Å². The van der Waals surface area contributed by atoms with Crippen LogP contribution >= 0.6 is 15.9 Å². The monoisotopic (exact) mass is 326 g/mol. The molecule has 0 saturated carbocycles. The zero-order valence-corrected chi connectivity index (χ0v) is 14.2. The van der Waals surface area contributed by atoms with Crippen LogP contribution in [0.2, 0.25) is 0 Å². The third-order valence-corrected chi connectivity index (χ3v) is 4.21. The molecule has 2 atom stereocenters. The van der Waals surface area contributed by atoms with Gasteiger partial charge < -0.3 is 10.2 Å². The van der Waals surface area contributed by atoms with Gasteiger partial charge in [-0.1, -0.05) is 48.3 Å². The van der Waals surface area contributed by atoms with Crippen LogP contribution < -0.4 is 5.32 Å². The Balaban J connectivity index is 2.49. The fraction of sp³-hybridized carbons (Fsp3) is 0.625. The second kappa shape index (κ2) is 8.72. The number of nitrogens with zero attached hydrogens (tertiary/aromatic N) is 1. The van der Waals surface area contributed by atoms with Gasteiger partial charge in [0.15, 0.2) is 0 Å². The Morgan fingerprint density at radius 1 is 1.37 bits per heavy atom. The molecule has 0 bridgehead atoms. The maximum atomic E-state index is 3.54. The van der Waals surface area contributed by atoms with Gasteiger partial charge in [0, 0.05) is 17.1 Å². The Bertz CT molecular complexity index is 368. The molecule has 1 aromatic carbocycles. The van der Waals surface area contributed by atoms with E-state index in [0.29, 0.717) is 6.04 Å². The number of hydrogen-bond acceptors (Lipinski definition) is 2. The van der Waals surface area contributed by atoms with Crippen LogP contribution in [0, 0.1) is 5.92 Å². The third kappa shape index (κ3) is 6.07. The van der Waals surface area contributed by atoms with Crippen LogP contribution in [0.25, 0.3) is 0 Å². The SMILES string of the molecule is CCC(C)CN(C)CCC(NC)c1cccc(Br)c1. The Morgan fingerprint density at radius 2 is 2.11 bits per heavy atom. The van der Waals surface area contributed by atoms with E-state index in [1.165, 1.54) is 18.5 Å². The van der Waals surface area contributed by atoms with E-state index in [9.17, 15) is 0 Å². The van der Waals surface area contributed by atoms with E-state index in [1.807, 2.05) is 7.05 Å². The molecule has 0 heterocycles. The number of benzene rings is 1. The topological polar surface area (TPSA) is 15.3 Å². The summed E-state index contributed by atoms with van der Waals surface area (Å²) in [6.45, 7) is 6.89. The second-order valence-corrected chi connectivity index (χ2v) is 6.38. The minimum atomic E-state index is 0.428. The molecule has 0 spiro atoms. The average Bonchev–Trinajstić information content (AvgIpc) is 2.39. The molecule has 0 saturated heterocycles. The molecule has 0 aliphatic carbocycles. The lowest BCUT2D eigenvalue weighted by atomic mass is 10.0. The number of halogens is 1. The van der Waals surface area contributed by atoms with Crippen molar-refractivity contribution in [2.75, 3.05) is 27.2 Å². The summed E-state index contributed by atoms with van der Waals surface area (Å²) >= 11 is 3.54. The van der Waals surface area contributed by atoms with Crippen molar-refractivity contribution >= 4 is 15.9 Å². The highest BCUT2D eigenvalue weighted by Gasteiger charge is 2.11. The van der Waals surface area contributed by atoms with Gasteiger partial charge in [-0.05, 0) is 50.7 Å². The first-order chi connectivity index (χ1) is 9.06. The third-order valence-electron chi connectivity index (χ3n) is 3.72. The van der Waals surface area contributed by atoms with Gasteiger partial charge in [-0.3, -0.25) is 0 Å². The Kier molecular flexibility index (Phi) is 7.66. The van der Waals surface area contributed by atoms with Crippen molar-refractivity contribution < 1.29 is 0 Å². The molecule has 0 fully saturated rings. The predicted octanol–water partition coefficient (Wildman–Crippen LogP) is 4.08. The van der Waals surface area contributed by atoms with E-state index < -0.39 is 0 Å². The molecule has 0 amide bonds. The maximum absolute atomic E-state index is 3.54. The molecule has 0 aliphatic heterocycles. The number of hydrogen-bond donors (Lipinski definition) is 1. The van der Waals surface area contributed by atoms with Gasteiger partial charge in [-0.25, -0.2) is 0 Å². The molecule has 3 heteroatoms. The van der Waals surface area contributed by atoms with Gasteiger partial charge in [-0.2, -0.15) is 0 Å². The minimum absolute atomic E-state index is 0.428. The smallest absolute Gasteiger partial charge is 0.0330 e. The standard InChI is InChI=1S/C16H27BrN2/c1-5-13(2)12-19(4)10-9-16(18-3)14-7-6-8-15(17)11-14/h6-8,11,13,16,18H,5,9-10,12H2,1-4H3. The number of rotatable bonds is 8. The molecule has 0 radical (unpaired) electrons. The quantitative estimate of drug-likeness (QED) is 0.774. The van der Waals surface area contributed by atoms with Crippen molar-refractivity contribution in [2.24, 2.45) is 5.92 Å². The zero-order chi connectivity index (χ0) is 14.3. The normalized spacial score (nSPS) is 14.6. The first-order valence-corrected chi connectivity index (χ1v) is 7.97. The second-order valence-electron chi connectivity index (χ2n) is 5.46. The summed E-state index contributed by atoms with van der Waals surface area (Å²) in [5.74, 6) is 0.781. The van der Waals surface area contributed by atoms with Crippen molar-refractivity contribution in [3.05, 3.63) is 34.3 Å². The zero-order valence-electron chi connectivity index (χ0n) is 12.6. The highest BCUT2D eigenvalue weighted by atomic mass is 79.9. The fourth-order valence-electron chi connectivity index (χ4n) is 2.30. The predicted molar refractivity (Wildman–Crippen MR) is 87.5 cm³/mol. The summed E-state index contributed by atoms with van der Waals surface area (Å²) in [6, 6.07) is 9.01. The highest BCUT2D eigenvalue weighted by molar-refractivity contribution is 9.10. The van der Waals surface area contributed by atoms with E-state index >= 15 is 0 Å². The first kappa shape index (κ1) is 16.7. The Hall–Kier alpha value is -0.380. The van der Waals surface area contributed by atoms with Crippen LogP contribution in [0.3, 0.4) is 0 Å². The summed E-state index contributed by atoms with van der Waals surface area (Å²) in [4.78, 5) is 2.44. The lowest BCUT2D eigenvalue weighted by Crippen LogP contribution is -2.28. The van der Waals surface area contributed by atoms with Gasteiger partial charge in [0.1, 0.15) is 0 Å². The summed E-state index contributed by atoms with van der Waals surface area (Å²) in [5, 5.41) is 3.42. The van der Waals surface area contributed by atoms with Gasteiger partial charge in [0.05, 0.1) is 0 Å². The van der Waals surface area contributed by atoms with Crippen molar-refractivity contribution in [3.63, 3.8) is 0 Å². The average molecular weight is 327 g/mol. The van der Waals surface area contributed by atoms with Crippen LogP contribution in [0.5, 0.6) is 0 Å². The Morgan fingerprint density at radius 3 is 2.68 bits per heavy atom. The van der Waals surface area contributed by atoms with E-state index in [4.69, 9.17) is 0 Å². The fourth-order valence-corrected chi connectivity index (χ4v) is 2.72. The molecule has 2 unspecified atom stereocenters.